The van der Waals surface area contributed by atoms with Gasteiger partial charge in [-0.2, -0.15) is 5.10 Å². The highest BCUT2D eigenvalue weighted by atomic mass is 15.3. The molecule has 5 nitrogen and oxygen atoms in total. The first-order valence-electron chi connectivity index (χ1n) is 7.96. The van der Waals surface area contributed by atoms with Gasteiger partial charge in [-0.05, 0) is 25.3 Å². The topological polar surface area (TPSA) is 61.7 Å². The molecule has 0 saturated carbocycles. The molecule has 2 heterocycles. The van der Waals surface area contributed by atoms with Crippen LogP contribution in [0.1, 0.15) is 57.5 Å². The Bertz CT molecular complexity index is 538. The van der Waals surface area contributed by atoms with Gasteiger partial charge in [0.1, 0.15) is 0 Å². The third-order valence-electron chi connectivity index (χ3n) is 4.01. The van der Waals surface area contributed by atoms with Crippen molar-refractivity contribution in [2.45, 2.75) is 65.1 Å². The molecule has 1 atom stereocenters. The highest BCUT2D eigenvalue weighted by Crippen LogP contribution is 2.15. The quantitative estimate of drug-likeness (QED) is 0.813. The summed E-state index contributed by atoms with van der Waals surface area (Å²) in [4.78, 5) is 4.42. The second kappa shape index (κ2) is 7.41. The lowest BCUT2D eigenvalue weighted by Crippen LogP contribution is -2.21. The Labute approximate surface area is 127 Å². The van der Waals surface area contributed by atoms with E-state index in [1.54, 1.807) is 0 Å². The van der Waals surface area contributed by atoms with Crippen molar-refractivity contribution in [1.82, 2.24) is 19.3 Å². The molecule has 0 aliphatic carbocycles. The number of aromatic nitrogens is 4. The zero-order valence-corrected chi connectivity index (χ0v) is 13.4. The summed E-state index contributed by atoms with van der Waals surface area (Å²) in [6.45, 7) is 7.27. The minimum absolute atomic E-state index is 0.197. The zero-order chi connectivity index (χ0) is 15.2. The van der Waals surface area contributed by atoms with Crippen LogP contribution in [-0.2, 0) is 13.0 Å². The molecule has 0 fully saturated rings. The van der Waals surface area contributed by atoms with Gasteiger partial charge in [0.25, 0.3) is 0 Å². The Kier molecular flexibility index (Phi) is 5.56. The Hall–Kier alpha value is -1.62. The molecule has 0 radical (unpaired) electrons. The molecule has 0 aromatic carbocycles. The van der Waals surface area contributed by atoms with Crippen LogP contribution in [0.3, 0.4) is 0 Å². The summed E-state index contributed by atoms with van der Waals surface area (Å²) in [6.07, 6.45) is 10.1. The summed E-state index contributed by atoms with van der Waals surface area (Å²) in [7, 11) is 0. The molecule has 2 aromatic heterocycles. The van der Waals surface area contributed by atoms with E-state index in [1.807, 2.05) is 6.33 Å². The predicted octanol–water partition coefficient (Wildman–Crippen LogP) is 2.77. The Balaban J connectivity index is 1.99. The second-order valence-corrected chi connectivity index (χ2v) is 5.67. The largest absolute Gasteiger partial charge is 0.331 e. The Morgan fingerprint density at radius 3 is 2.57 bits per heavy atom. The van der Waals surface area contributed by atoms with Crippen LogP contribution in [0.2, 0.25) is 0 Å². The van der Waals surface area contributed by atoms with Crippen molar-refractivity contribution in [3.05, 3.63) is 36.2 Å². The molecule has 0 saturated heterocycles. The van der Waals surface area contributed by atoms with Gasteiger partial charge in [-0.1, -0.05) is 20.8 Å². The van der Waals surface area contributed by atoms with Crippen molar-refractivity contribution in [2.24, 2.45) is 5.73 Å². The summed E-state index contributed by atoms with van der Waals surface area (Å²) in [5.41, 5.74) is 8.10. The highest BCUT2D eigenvalue weighted by molar-refractivity contribution is 5.05. The van der Waals surface area contributed by atoms with E-state index in [1.165, 1.54) is 0 Å². The lowest BCUT2D eigenvalue weighted by molar-refractivity contribution is 0.424. The molecule has 116 valence electrons. The third-order valence-corrected chi connectivity index (χ3v) is 4.01. The number of imidazole rings is 1. The van der Waals surface area contributed by atoms with Crippen LogP contribution >= 0.6 is 0 Å². The van der Waals surface area contributed by atoms with Gasteiger partial charge in [0.05, 0.1) is 30.3 Å². The molecular formula is C16H27N5. The molecule has 2 N–H and O–H groups in total. The van der Waals surface area contributed by atoms with E-state index in [0.717, 1.165) is 43.6 Å². The average Bonchev–Trinajstić information content (AvgIpc) is 3.11. The molecular weight excluding hydrogens is 262 g/mol. The predicted molar refractivity (Wildman–Crippen MR) is 85.1 cm³/mol. The van der Waals surface area contributed by atoms with Crippen molar-refractivity contribution in [2.75, 3.05) is 0 Å². The first kappa shape index (κ1) is 15.8. The maximum absolute atomic E-state index is 5.97. The monoisotopic (exact) mass is 289 g/mol. The average molecular weight is 289 g/mol. The maximum atomic E-state index is 5.97. The van der Waals surface area contributed by atoms with Crippen LogP contribution in [0, 0.1) is 0 Å². The normalized spacial score (nSPS) is 13.0. The van der Waals surface area contributed by atoms with Gasteiger partial charge in [-0.3, -0.25) is 4.68 Å². The molecule has 21 heavy (non-hydrogen) atoms. The van der Waals surface area contributed by atoms with Crippen LogP contribution in [0.25, 0.3) is 0 Å². The first-order chi connectivity index (χ1) is 10.2. The third kappa shape index (κ3) is 4.17. The number of hydrogen-bond acceptors (Lipinski definition) is 3. The van der Waals surface area contributed by atoms with Crippen LogP contribution in [-0.4, -0.2) is 25.4 Å². The minimum atomic E-state index is 0.197. The van der Waals surface area contributed by atoms with E-state index >= 15 is 0 Å². The van der Waals surface area contributed by atoms with Gasteiger partial charge >= 0.3 is 0 Å². The molecule has 0 bridgehead atoms. The standard InChI is InChI=1S/C16H27N5/c1-4-13(17)9-15-11-20(12-18-15)10-14-7-8-21(19-14)16(5-2)6-3/h7-8,11-13,16H,4-6,9-10,17H2,1-3H3. The van der Waals surface area contributed by atoms with Gasteiger partial charge in [-0.15, -0.1) is 0 Å². The van der Waals surface area contributed by atoms with Gasteiger partial charge in [0.2, 0.25) is 0 Å². The van der Waals surface area contributed by atoms with Crippen molar-refractivity contribution < 1.29 is 0 Å². The van der Waals surface area contributed by atoms with Crippen LogP contribution in [0.5, 0.6) is 0 Å². The fraction of sp³-hybridized carbons (Fsp3) is 0.625. The molecule has 0 amide bonds. The Morgan fingerprint density at radius 2 is 1.90 bits per heavy atom. The fourth-order valence-electron chi connectivity index (χ4n) is 2.53. The summed E-state index contributed by atoms with van der Waals surface area (Å²) in [5, 5.41) is 4.68. The second-order valence-electron chi connectivity index (χ2n) is 5.67. The van der Waals surface area contributed by atoms with Gasteiger partial charge in [-0.25, -0.2) is 4.98 Å². The van der Waals surface area contributed by atoms with Gasteiger partial charge in [0, 0.05) is 24.9 Å². The molecule has 0 aliphatic heterocycles. The van der Waals surface area contributed by atoms with Gasteiger partial charge in [0.15, 0.2) is 0 Å². The smallest absolute Gasteiger partial charge is 0.0953 e. The lowest BCUT2D eigenvalue weighted by atomic mass is 10.1. The first-order valence-corrected chi connectivity index (χ1v) is 7.96. The van der Waals surface area contributed by atoms with E-state index in [9.17, 15) is 0 Å². The van der Waals surface area contributed by atoms with Gasteiger partial charge < -0.3 is 10.3 Å². The lowest BCUT2D eigenvalue weighted by Gasteiger charge is -2.12. The zero-order valence-electron chi connectivity index (χ0n) is 13.4. The van der Waals surface area contributed by atoms with Crippen LogP contribution < -0.4 is 5.73 Å². The SMILES string of the molecule is CCC(N)Cc1cn(Cc2ccn(C(CC)CC)n2)cn1. The molecule has 2 rings (SSSR count). The number of hydrogen-bond donors (Lipinski definition) is 1. The fourth-order valence-corrected chi connectivity index (χ4v) is 2.53. The molecule has 0 aliphatic rings. The minimum Gasteiger partial charge on any atom is -0.331 e. The van der Waals surface area contributed by atoms with Crippen LogP contribution in [0.15, 0.2) is 24.8 Å². The summed E-state index contributed by atoms with van der Waals surface area (Å²) >= 11 is 0. The summed E-state index contributed by atoms with van der Waals surface area (Å²) in [6, 6.07) is 2.79. The number of rotatable bonds is 8. The molecule has 0 spiro atoms. The van der Waals surface area contributed by atoms with E-state index in [2.05, 4.69) is 58.6 Å². The van der Waals surface area contributed by atoms with Crippen molar-refractivity contribution in [3.63, 3.8) is 0 Å². The summed E-state index contributed by atoms with van der Waals surface area (Å²) in [5.74, 6) is 0. The Morgan fingerprint density at radius 1 is 1.14 bits per heavy atom. The number of nitrogens with two attached hydrogens (primary N) is 1. The highest BCUT2D eigenvalue weighted by Gasteiger charge is 2.09. The summed E-state index contributed by atoms with van der Waals surface area (Å²) < 4.78 is 4.16. The van der Waals surface area contributed by atoms with E-state index in [-0.39, 0.29) is 6.04 Å². The molecule has 5 heteroatoms. The molecule has 2 aromatic rings. The van der Waals surface area contributed by atoms with E-state index in [4.69, 9.17) is 5.73 Å². The number of nitrogens with zero attached hydrogens (tertiary/aromatic N) is 4. The van der Waals surface area contributed by atoms with Crippen molar-refractivity contribution in [3.8, 4) is 0 Å². The van der Waals surface area contributed by atoms with E-state index in [0.29, 0.717) is 6.04 Å². The molecule has 1 unspecified atom stereocenters. The van der Waals surface area contributed by atoms with Crippen molar-refractivity contribution >= 4 is 0 Å². The maximum Gasteiger partial charge on any atom is 0.0953 e. The van der Waals surface area contributed by atoms with Crippen molar-refractivity contribution in [1.29, 1.82) is 0 Å². The van der Waals surface area contributed by atoms with Crippen LogP contribution in [0.4, 0.5) is 0 Å². The van der Waals surface area contributed by atoms with E-state index < -0.39 is 0 Å².